The summed E-state index contributed by atoms with van der Waals surface area (Å²) in [6, 6.07) is 12.9. The van der Waals surface area contributed by atoms with Crippen LogP contribution in [0.3, 0.4) is 0 Å². The summed E-state index contributed by atoms with van der Waals surface area (Å²) in [4.78, 5) is 12.3. The first-order valence-corrected chi connectivity index (χ1v) is 8.24. The number of ether oxygens (including phenoxy) is 2. The zero-order valence-electron chi connectivity index (χ0n) is 11.9. The largest absolute Gasteiger partial charge is 0.497 e. The summed E-state index contributed by atoms with van der Waals surface area (Å²) >= 11 is 0. The molecule has 3 rings (SSSR count). The van der Waals surface area contributed by atoms with Gasteiger partial charge >= 0.3 is 5.97 Å². The Morgan fingerprint density at radius 2 is 1.86 bits per heavy atom. The van der Waals surface area contributed by atoms with Crippen molar-refractivity contribution in [1.82, 2.24) is 0 Å². The number of carbonyl (C=O) groups is 1. The van der Waals surface area contributed by atoms with Crippen molar-refractivity contribution in [3.05, 3.63) is 54.1 Å². The first kappa shape index (κ1) is 14.6. The minimum atomic E-state index is -3.78. The summed E-state index contributed by atoms with van der Waals surface area (Å²) in [5.74, 6) is 0.143. The smallest absolute Gasteiger partial charge is 0.330 e. The van der Waals surface area contributed by atoms with E-state index in [0.29, 0.717) is 17.1 Å². The Morgan fingerprint density at radius 1 is 1.14 bits per heavy atom. The molecule has 1 heterocycles. The maximum Gasteiger partial charge on any atom is 0.330 e. The average Bonchev–Trinajstić information content (AvgIpc) is 2.54. The van der Waals surface area contributed by atoms with Gasteiger partial charge < -0.3 is 9.47 Å². The van der Waals surface area contributed by atoms with Crippen LogP contribution in [0.4, 0.5) is 0 Å². The summed E-state index contributed by atoms with van der Waals surface area (Å²) in [7, 11) is -2.27. The average molecular weight is 318 g/mol. The summed E-state index contributed by atoms with van der Waals surface area (Å²) in [5.41, 5.74) is 0.671. The second kappa shape index (κ2) is 5.46. The zero-order valence-corrected chi connectivity index (χ0v) is 12.7. The Morgan fingerprint density at radius 3 is 2.55 bits per heavy atom. The highest BCUT2D eigenvalue weighted by atomic mass is 32.2. The van der Waals surface area contributed by atoms with Crippen molar-refractivity contribution >= 4 is 15.8 Å². The molecule has 114 valence electrons. The van der Waals surface area contributed by atoms with Gasteiger partial charge in [-0.25, -0.2) is 8.42 Å². The summed E-state index contributed by atoms with van der Waals surface area (Å²) in [5, 5.41) is -1.23. The molecule has 0 bridgehead atoms. The Hall–Kier alpha value is -2.34. The second-order valence-electron chi connectivity index (χ2n) is 4.95. The van der Waals surface area contributed by atoms with Gasteiger partial charge in [0.2, 0.25) is 0 Å². The predicted molar refractivity (Wildman–Crippen MR) is 79.7 cm³/mol. The third kappa shape index (κ3) is 2.46. The van der Waals surface area contributed by atoms with Crippen LogP contribution in [-0.2, 0) is 21.1 Å². The standard InChI is InChI=1S/C16H14O5S/c1-20-12-8-7-11-9-15(16(17)21-14(11)10-12)22(18,19)13-5-3-2-4-6-13/h2-8,10,15H,9H2,1H3/t15-/m1/s1. The number of benzene rings is 2. The normalized spacial score (nSPS) is 17.5. The third-order valence-corrected chi connectivity index (χ3v) is 5.64. The van der Waals surface area contributed by atoms with E-state index in [-0.39, 0.29) is 11.3 Å². The van der Waals surface area contributed by atoms with Gasteiger partial charge in [0.15, 0.2) is 15.1 Å². The number of esters is 1. The predicted octanol–water partition coefficient (Wildman–Crippen LogP) is 2.00. The van der Waals surface area contributed by atoms with Crippen molar-refractivity contribution in [3.63, 3.8) is 0 Å². The molecule has 1 aliphatic rings. The lowest BCUT2D eigenvalue weighted by Gasteiger charge is -2.23. The first-order valence-electron chi connectivity index (χ1n) is 6.70. The third-order valence-electron chi connectivity index (χ3n) is 3.60. The Bertz CT molecular complexity index is 812. The van der Waals surface area contributed by atoms with Crippen LogP contribution in [0.5, 0.6) is 11.5 Å². The molecule has 2 aromatic carbocycles. The quantitative estimate of drug-likeness (QED) is 0.639. The van der Waals surface area contributed by atoms with Crippen molar-refractivity contribution in [1.29, 1.82) is 0 Å². The molecule has 0 aromatic heterocycles. The van der Waals surface area contributed by atoms with Crippen LogP contribution < -0.4 is 9.47 Å². The number of methoxy groups -OCH3 is 1. The van der Waals surface area contributed by atoms with Gasteiger partial charge in [-0.1, -0.05) is 24.3 Å². The molecule has 0 saturated heterocycles. The number of rotatable bonds is 3. The summed E-state index contributed by atoms with van der Waals surface area (Å²) < 4.78 is 35.5. The number of carbonyl (C=O) groups excluding carboxylic acids is 1. The van der Waals surface area contributed by atoms with Crippen molar-refractivity contribution in [2.75, 3.05) is 7.11 Å². The highest BCUT2D eigenvalue weighted by Gasteiger charge is 2.39. The molecule has 5 nitrogen and oxygen atoms in total. The second-order valence-corrected chi connectivity index (χ2v) is 7.08. The maximum atomic E-state index is 12.6. The monoisotopic (exact) mass is 318 g/mol. The van der Waals surface area contributed by atoms with Gasteiger partial charge in [0.05, 0.1) is 12.0 Å². The number of sulfone groups is 1. The van der Waals surface area contributed by atoms with E-state index in [1.165, 1.54) is 19.2 Å². The molecule has 0 unspecified atom stereocenters. The van der Waals surface area contributed by atoms with E-state index in [4.69, 9.17) is 9.47 Å². The van der Waals surface area contributed by atoms with Crippen LogP contribution in [0.25, 0.3) is 0 Å². The van der Waals surface area contributed by atoms with Crippen molar-refractivity contribution in [2.45, 2.75) is 16.6 Å². The van der Waals surface area contributed by atoms with E-state index >= 15 is 0 Å². The number of hydrogen-bond acceptors (Lipinski definition) is 5. The van der Waals surface area contributed by atoms with Gasteiger partial charge in [0.25, 0.3) is 0 Å². The molecule has 0 saturated carbocycles. The molecular formula is C16H14O5S. The number of fused-ring (bicyclic) bond motifs is 1. The summed E-state index contributed by atoms with van der Waals surface area (Å²) in [6.07, 6.45) is 0.0926. The zero-order chi connectivity index (χ0) is 15.7. The van der Waals surface area contributed by atoms with Gasteiger partial charge in [-0.05, 0) is 23.8 Å². The first-order chi connectivity index (χ1) is 10.5. The van der Waals surface area contributed by atoms with E-state index in [1.54, 1.807) is 36.4 Å². The molecule has 0 N–H and O–H groups in total. The topological polar surface area (TPSA) is 69.7 Å². The molecule has 6 heteroatoms. The molecule has 1 aliphatic heterocycles. The van der Waals surface area contributed by atoms with Crippen LogP contribution >= 0.6 is 0 Å². The molecule has 0 radical (unpaired) electrons. The Balaban J connectivity index is 1.98. The lowest BCUT2D eigenvalue weighted by atomic mass is 10.1. The van der Waals surface area contributed by atoms with Crippen LogP contribution in [0.2, 0.25) is 0 Å². The molecule has 2 aromatic rings. The molecule has 0 amide bonds. The van der Waals surface area contributed by atoms with Gasteiger partial charge in [-0.2, -0.15) is 0 Å². The Kier molecular flexibility index (Phi) is 3.62. The maximum absolute atomic E-state index is 12.6. The lowest BCUT2D eigenvalue weighted by molar-refractivity contribution is -0.134. The van der Waals surface area contributed by atoms with Crippen LogP contribution in [-0.4, -0.2) is 26.7 Å². The van der Waals surface area contributed by atoms with Crippen LogP contribution in [0.15, 0.2) is 53.4 Å². The SMILES string of the molecule is COc1ccc2c(c1)OC(=O)[C@H](S(=O)(=O)c1ccccc1)C2. The molecule has 0 fully saturated rings. The van der Waals surface area contributed by atoms with Crippen LogP contribution in [0, 0.1) is 0 Å². The van der Waals surface area contributed by atoms with E-state index < -0.39 is 21.1 Å². The van der Waals surface area contributed by atoms with Gasteiger partial charge in [0, 0.05) is 12.5 Å². The molecular weight excluding hydrogens is 304 g/mol. The number of hydrogen-bond donors (Lipinski definition) is 0. The van der Waals surface area contributed by atoms with E-state index in [2.05, 4.69) is 0 Å². The van der Waals surface area contributed by atoms with Crippen LogP contribution in [0.1, 0.15) is 5.56 Å². The van der Waals surface area contributed by atoms with E-state index in [9.17, 15) is 13.2 Å². The minimum Gasteiger partial charge on any atom is -0.497 e. The lowest BCUT2D eigenvalue weighted by Crippen LogP contribution is -2.39. The van der Waals surface area contributed by atoms with E-state index in [1.807, 2.05) is 0 Å². The van der Waals surface area contributed by atoms with Crippen molar-refractivity contribution < 1.29 is 22.7 Å². The summed E-state index contributed by atoms with van der Waals surface area (Å²) in [6.45, 7) is 0. The fraction of sp³-hybridized carbons (Fsp3) is 0.188. The van der Waals surface area contributed by atoms with Crippen molar-refractivity contribution in [3.8, 4) is 11.5 Å². The van der Waals surface area contributed by atoms with E-state index in [0.717, 1.165) is 0 Å². The Labute approximate surface area is 128 Å². The molecule has 1 atom stereocenters. The minimum absolute atomic E-state index is 0.0926. The fourth-order valence-electron chi connectivity index (χ4n) is 2.39. The van der Waals surface area contributed by atoms with Gasteiger partial charge in [-0.15, -0.1) is 0 Å². The molecule has 0 spiro atoms. The highest BCUT2D eigenvalue weighted by molar-refractivity contribution is 7.92. The fourth-order valence-corrected chi connectivity index (χ4v) is 3.96. The van der Waals surface area contributed by atoms with Crippen molar-refractivity contribution in [2.24, 2.45) is 0 Å². The molecule has 0 aliphatic carbocycles. The van der Waals surface area contributed by atoms with Gasteiger partial charge in [0.1, 0.15) is 11.5 Å². The molecule has 22 heavy (non-hydrogen) atoms. The highest BCUT2D eigenvalue weighted by Crippen LogP contribution is 2.33. The van der Waals surface area contributed by atoms with Gasteiger partial charge in [-0.3, -0.25) is 4.79 Å².